The van der Waals surface area contributed by atoms with Crippen LogP contribution < -0.4 is 0 Å². The molecule has 0 saturated heterocycles. The third kappa shape index (κ3) is 1.85. The lowest BCUT2D eigenvalue weighted by Gasteiger charge is -2.00. The molecule has 20 heavy (non-hydrogen) atoms. The monoisotopic (exact) mass is 257 g/mol. The minimum Gasteiger partial charge on any atom is -0.456 e. The SMILES string of the molecule is [C+]1=CC=C(Cc2ccc3oc4ccccc4c3c2)C=C1. The number of rotatable bonds is 2. The molecule has 0 fully saturated rings. The summed E-state index contributed by atoms with van der Waals surface area (Å²) in [4.78, 5) is 0. The predicted molar refractivity (Wildman–Crippen MR) is 82.5 cm³/mol. The Balaban J connectivity index is 1.81. The summed E-state index contributed by atoms with van der Waals surface area (Å²) < 4.78 is 5.85. The van der Waals surface area contributed by atoms with Crippen LogP contribution in [0.2, 0.25) is 0 Å². The highest BCUT2D eigenvalue weighted by Gasteiger charge is 2.09. The fourth-order valence-corrected chi connectivity index (χ4v) is 2.66. The summed E-state index contributed by atoms with van der Waals surface area (Å²) in [7, 11) is 0. The maximum absolute atomic E-state index is 5.85. The Morgan fingerprint density at radius 1 is 0.950 bits per heavy atom. The summed E-state index contributed by atoms with van der Waals surface area (Å²) in [6.07, 6.45) is 12.1. The molecule has 0 amide bonds. The molecule has 1 aliphatic carbocycles. The molecule has 1 aliphatic rings. The number of furan rings is 1. The quantitative estimate of drug-likeness (QED) is 0.590. The first-order chi connectivity index (χ1) is 9.90. The molecule has 1 heterocycles. The second-order valence-electron chi connectivity index (χ2n) is 5.01. The third-order valence-corrected chi connectivity index (χ3v) is 3.64. The molecule has 1 aromatic heterocycles. The molecule has 0 radical (unpaired) electrons. The summed E-state index contributed by atoms with van der Waals surface area (Å²) in [6, 6.07) is 14.6. The van der Waals surface area contributed by atoms with Gasteiger partial charge in [-0.1, -0.05) is 24.3 Å². The highest BCUT2D eigenvalue weighted by molar-refractivity contribution is 6.04. The van der Waals surface area contributed by atoms with Gasteiger partial charge in [-0.25, -0.2) is 0 Å². The lowest BCUT2D eigenvalue weighted by molar-refractivity contribution is 0.669. The number of hydrogen-bond donors (Lipinski definition) is 0. The van der Waals surface area contributed by atoms with Crippen LogP contribution in [0.25, 0.3) is 21.9 Å². The van der Waals surface area contributed by atoms with Crippen LogP contribution in [0.3, 0.4) is 0 Å². The molecule has 3 aromatic rings. The highest BCUT2D eigenvalue weighted by Crippen LogP contribution is 2.29. The smallest absolute Gasteiger partial charge is 0.135 e. The van der Waals surface area contributed by atoms with Crippen molar-refractivity contribution in [3.63, 3.8) is 0 Å². The fraction of sp³-hybridized carbons (Fsp3) is 0.0526. The van der Waals surface area contributed by atoms with Gasteiger partial charge in [-0.05, 0) is 23.8 Å². The Hall–Kier alpha value is -2.63. The van der Waals surface area contributed by atoms with E-state index in [0.717, 1.165) is 17.6 Å². The van der Waals surface area contributed by atoms with Crippen molar-refractivity contribution >= 4 is 21.9 Å². The van der Waals surface area contributed by atoms with E-state index in [1.165, 1.54) is 21.9 Å². The minimum atomic E-state index is 0.935. The molecule has 0 unspecified atom stereocenters. The maximum atomic E-state index is 5.85. The Morgan fingerprint density at radius 2 is 1.85 bits per heavy atom. The molecule has 0 atom stereocenters. The standard InChI is InChI=1S/C19H13O/c1-2-6-14(7-3-1)12-15-10-11-19-17(13-15)16-8-4-5-9-18(16)20-19/h2-11,13H,12H2/q+1. The Bertz CT molecular complexity index is 875. The summed E-state index contributed by atoms with van der Waals surface area (Å²) in [5, 5.41) is 2.38. The van der Waals surface area contributed by atoms with E-state index in [9.17, 15) is 0 Å². The van der Waals surface area contributed by atoms with Crippen LogP contribution in [0, 0.1) is 6.08 Å². The van der Waals surface area contributed by atoms with Gasteiger partial charge in [0.2, 0.25) is 0 Å². The van der Waals surface area contributed by atoms with Crippen molar-refractivity contribution in [1.82, 2.24) is 0 Å². The molecule has 2 aromatic carbocycles. The maximum Gasteiger partial charge on any atom is 0.135 e. The van der Waals surface area contributed by atoms with Gasteiger partial charge >= 0.3 is 0 Å². The first-order valence-electron chi connectivity index (χ1n) is 6.75. The molecule has 1 nitrogen and oxygen atoms in total. The minimum absolute atomic E-state index is 0.935. The van der Waals surface area contributed by atoms with E-state index >= 15 is 0 Å². The molecule has 94 valence electrons. The number of allylic oxidation sites excluding steroid dienone is 6. The zero-order valence-electron chi connectivity index (χ0n) is 11.0. The molecule has 4 rings (SSSR count). The van der Waals surface area contributed by atoms with Gasteiger partial charge in [0.25, 0.3) is 0 Å². The van der Waals surface area contributed by atoms with Crippen molar-refractivity contribution in [2.45, 2.75) is 6.42 Å². The van der Waals surface area contributed by atoms with Crippen molar-refractivity contribution in [3.05, 3.63) is 84.0 Å². The van der Waals surface area contributed by atoms with Crippen molar-refractivity contribution < 1.29 is 4.42 Å². The molecule has 0 saturated carbocycles. The first-order valence-corrected chi connectivity index (χ1v) is 6.75. The number of fused-ring (bicyclic) bond motifs is 3. The van der Waals surface area contributed by atoms with Gasteiger partial charge in [0.05, 0.1) is 17.7 Å². The van der Waals surface area contributed by atoms with E-state index in [1.54, 1.807) is 0 Å². The second-order valence-corrected chi connectivity index (χ2v) is 5.01. The largest absolute Gasteiger partial charge is 0.456 e. The molecule has 0 spiro atoms. The predicted octanol–water partition coefficient (Wildman–Crippen LogP) is 4.98. The van der Waals surface area contributed by atoms with E-state index in [1.807, 2.05) is 24.3 Å². The van der Waals surface area contributed by atoms with Gasteiger partial charge in [-0.2, -0.15) is 0 Å². The van der Waals surface area contributed by atoms with Crippen molar-refractivity contribution in [2.24, 2.45) is 0 Å². The van der Waals surface area contributed by atoms with E-state index in [-0.39, 0.29) is 0 Å². The lowest BCUT2D eigenvalue weighted by atomic mass is 10.0. The van der Waals surface area contributed by atoms with Crippen LogP contribution in [0.4, 0.5) is 0 Å². The summed E-state index contributed by atoms with van der Waals surface area (Å²) in [5.74, 6) is 0. The fourth-order valence-electron chi connectivity index (χ4n) is 2.66. The van der Waals surface area contributed by atoms with E-state index in [2.05, 4.69) is 48.6 Å². The average Bonchev–Trinajstić information content (AvgIpc) is 2.86. The summed E-state index contributed by atoms with van der Waals surface area (Å²) in [5.41, 5.74) is 4.51. The lowest BCUT2D eigenvalue weighted by Crippen LogP contribution is -1.89. The Morgan fingerprint density at radius 3 is 2.75 bits per heavy atom. The van der Waals surface area contributed by atoms with Crippen molar-refractivity contribution in [2.75, 3.05) is 0 Å². The molecule has 0 N–H and O–H groups in total. The number of benzene rings is 2. The number of hydrogen-bond acceptors (Lipinski definition) is 1. The van der Waals surface area contributed by atoms with Gasteiger partial charge in [0, 0.05) is 23.3 Å². The molecule has 0 bridgehead atoms. The van der Waals surface area contributed by atoms with Gasteiger partial charge in [-0.3, -0.25) is 0 Å². The summed E-state index contributed by atoms with van der Waals surface area (Å²) in [6.45, 7) is 0. The molecule has 0 aliphatic heterocycles. The second kappa shape index (κ2) is 4.48. The first kappa shape index (κ1) is 11.2. The van der Waals surface area contributed by atoms with Gasteiger partial charge in [-0.15, -0.1) is 0 Å². The van der Waals surface area contributed by atoms with Crippen LogP contribution >= 0.6 is 0 Å². The van der Waals surface area contributed by atoms with E-state index in [0.29, 0.717) is 0 Å². The summed E-state index contributed by atoms with van der Waals surface area (Å²) >= 11 is 0. The van der Waals surface area contributed by atoms with Crippen molar-refractivity contribution in [1.29, 1.82) is 0 Å². The van der Waals surface area contributed by atoms with Crippen LogP contribution in [-0.2, 0) is 6.42 Å². The normalized spacial score (nSPS) is 13.7. The van der Waals surface area contributed by atoms with Gasteiger partial charge < -0.3 is 4.42 Å². The molecule has 1 heteroatoms. The Kier molecular flexibility index (Phi) is 2.51. The topological polar surface area (TPSA) is 13.1 Å². The van der Waals surface area contributed by atoms with Gasteiger partial charge in [0.1, 0.15) is 23.3 Å². The van der Waals surface area contributed by atoms with Crippen LogP contribution in [0.15, 0.2) is 76.8 Å². The van der Waals surface area contributed by atoms with E-state index in [4.69, 9.17) is 4.42 Å². The average molecular weight is 257 g/mol. The Labute approximate surface area is 117 Å². The van der Waals surface area contributed by atoms with Crippen LogP contribution in [-0.4, -0.2) is 0 Å². The number of para-hydroxylation sites is 1. The zero-order valence-corrected chi connectivity index (χ0v) is 11.0. The van der Waals surface area contributed by atoms with E-state index < -0.39 is 0 Å². The highest BCUT2D eigenvalue weighted by atomic mass is 16.3. The molecular formula is C19H13O+. The van der Waals surface area contributed by atoms with Gasteiger partial charge in [0.15, 0.2) is 0 Å². The van der Waals surface area contributed by atoms with Crippen LogP contribution in [0.5, 0.6) is 0 Å². The third-order valence-electron chi connectivity index (χ3n) is 3.64. The molecular weight excluding hydrogens is 244 g/mol. The van der Waals surface area contributed by atoms with Crippen molar-refractivity contribution in [3.8, 4) is 0 Å². The zero-order chi connectivity index (χ0) is 13.4. The van der Waals surface area contributed by atoms with Crippen LogP contribution in [0.1, 0.15) is 5.56 Å².